The molecule has 0 spiro atoms. The van der Waals surface area contributed by atoms with Gasteiger partial charge in [-0.2, -0.15) is 5.10 Å². The molecular weight excluding hydrogens is 272 g/mol. The first-order valence-corrected chi connectivity index (χ1v) is 7.22. The molecule has 0 bridgehead atoms. The van der Waals surface area contributed by atoms with E-state index in [0.29, 0.717) is 19.4 Å². The van der Waals surface area contributed by atoms with Crippen LogP contribution in [0.3, 0.4) is 0 Å². The lowest BCUT2D eigenvalue weighted by molar-refractivity contribution is -0.139. The average Bonchev–Trinajstić information content (AvgIpc) is 2.72. The number of aryl methyl sites for hydroxylation is 3. The van der Waals surface area contributed by atoms with Gasteiger partial charge in [0.25, 0.3) is 0 Å². The highest BCUT2D eigenvalue weighted by atomic mass is 16.4. The molecule has 7 heteroatoms. The Kier molecular flexibility index (Phi) is 6.71. The molecule has 0 aliphatic heterocycles. The SMILES string of the molecule is CCC[C@@H](NC(=O)NCCCn1nc(C)cc1C)C(=O)O. The van der Waals surface area contributed by atoms with Gasteiger partial charge in [-0.1, -0.05) is 13.3 Å². The van der Waals surface area contributed by atoms with Crippen LogP contribution in [-0.2, 0) is 11.3 Å². The number of hydrogen-bond donors (Lipinski definition) is 3. The lowest BCUT2D eigenvalue weighted by atomic mass is 10.2. The first-order valence-electron chi connectivity index (χ1n) is 7.22. The number of carbonyl (C=O) groups is 2. The third-order valence-electron chi connectivity index (χ3n) is 3.12. The highest BCUT2D eigenvalue weighted by molar-refractivity contribution is 5.82. The fourth-order valence-corrected chi connectivity index (χ4v) is 2.09. The summed E-state index contributed by atoms with van der Waals surface area (Å²) in [6, 6.07) is 0.734. The molecule has 0 saturated heterocycles. The Morgan fingerprint density at radius 2 is 2.14 bits per heavy atom. The molecule has 1 atom stereocenters. The number of amides is 2. The molecule has 0 aromatic carbocycles. The van der Waals surface area contributed by atoms with E-state index in [-0.39, 0.29) is 0 Å². The van der Waals surface area contributed by atoms with Crippen molar-refractivity contribution in [2.45, 2.75) is 52.6 Å². The molecule has 0 aliphatic carbocycles. The van der Waals surface area contributed by atoms with Crippen LogP contribution < -0.4 is 10.6 Å². The molecule has 1 heterocycles. The Labute approximate surface area is 124 Å². The third-order valence-corrected chi connectivity index (χ3v) is 3.12. The van der Waals surface area contributed by atoms with E-state index < -0.39 is 18.0 Å². The maximum atomic E-state index is 11.6. The molecule has 3 N–H and O–H groups in total. The van der Waals surface area contributed by atoms with Gasteiger partial charge in [-0.25, -0.2) is 9.59 Å². The van der Waals surface area contributed by atoms with Gasteiger partial charge in [-0.15, -0.1) is 0 Å². The number of urea groups is 1. The fourth-order valence-electron chi connectivity index (χ4n) is 2.09. The van der Waals surface area contributed by atoms with E-state index in [9.17, 15) is 9.59 Å². The molecule has 0 fully saturated rings. The highest BCUT2D eigenvalue weighted by Gasteiger charge is 2.18. The maximum absolute atomic E-state index is 11.6. The van der Waals surface area contributed by atoms with E-state index in [0.717, 1.165) is 24.4 Å². The number of carbonyl (C=O) groups excluding carboxylic acids is 1. The molecule has 1 aromatic rings. The molecule has 21 heavy (non-hydrogen) atoms. The zero-order valence-corrected chi connectivity index (χ0v) is 12.8. The number of hydrogen-bond acceptors (Lipinski definition) is 3. The second-order valence-electron chi connectivity index (χ2n) is 5.08. The topological polar surface area (TPSA) is 96.3 Å². The normalized spacial score (nSPS) is 12.0. The van der Waals surface area contributed by atoms with E-state index >= 15 is 0 Å². The Morgan fingerprint density at radius 3 is 2.67 bits per heavy atom. The highest BCUT2D eigenvalue weighted by Crippen LogP contribution is 2.02. The summed E-state index contributed by atoms with van der Waals surface area (Å²) >= 11 is 0. The predicted octanol–water partition coefficient (Wildman–Crippen LogP) is 1.44. The van der Waals surface area contributed by atoms with Crippen molar-refractivity contribution in [3.63, 3.8) is 0 Å². The van der Waals surface area contributed by atoms with Gasteiger partial charge >= 0.3 is 12.0 Å². The number of carboxylic acid groups (broad SMARTS) is 1. The Bertz CT molecular complexity index is 485. The molecule has 118 valence electrons. The van der Waals surface area contributed by atoms with E-state index in [1.807, 2.05) is 31.5 Å². The van der Waals surface area contributed by atoms with Crippen LogP contribution in [0.4, 0.5) is 4.79 Å². The smallest absolute Gasteiger partial charge is 0.326 e. The van der Waals surface area contributed by atoms with Crippen molar-refractivity contribution in [1.82, 2.24) is 20.4 Å². The van der Waals surface area contributed by atoms with Gasteiger partial charge in [-0.05, 0) is 32.8 Å². The van der Waals surface area contributed by atoms with E-state index in [4.69, 9.17) is 5.11 Å². The number of rotatable bonds is 8. The molecule has 7 nitrogen and oxygen atoms in total. The average molecular weight is 296 g/mol. The standard InChI is InChI=1S/C14H24N4O3/c1-4-6-12(13(19)20)16-14(21)15-7-5-8-18-11(3)9-10(2)17-18/h9,12H,4-8H2,1-3H3,(H,19,20)(H2,15,16,21)/t12-/m1/s1. The minimum absolute atomic E-state index is 0.425. The van der Waals surface area contributed by atoms with Crippen molar-refractivity contribution < 1.29 is 14.7 Å². The summed E-state index contributed by atoms with van der Waals surface area (Å²) in [5.74, 6) is -1.00. The summed E-state index contributed by atoms with van der Waals surface area (Å²) in [6.07, 6.45) is 1.87. The number of nitrogens with zero attached hydrogens (tertiary/aromatic N) is 2. The van der Waals surface area contributed by atoms with Crippen LogP contribution in [-0.4, -0.2) is 39.5 Å². The van der Waals surface area contributed by atoms with Crippen molar-refractivity contribution in [3.05, 3.63) is 17.5 Å². The van der Waals surface area contributed by atoms with Crippen molar-refractivity contribution in [2.75, 3.05) is 6.54 Å². The summed E-state index contributed by atoms with van der Waals surface area (Å²) in [5, 5.41) is 18.4. The Balaban J connectivity index is 2.27. The van der Waals surface area contributed by atoms with Crippen LogP contribution in [0.5, 0.6) is 0 Å². The summed E-state index contributed by atoms with van der Waals surface area (Å²) < 4.78 is 1.89. The number of nitrogens with one attached hydrogen (secondary N) is 2. The fraction of sp³-hybridized carbons (Fsp3) is 0.643. The van der Waals surface area contributed by atoms with Crippen molar-refractivity contribution in [2.24, 2.45) is 0 Å². The van der Waals surface area contributed by atoms with E-state index in [1.54, 1.807) is 0 Å². The van der Waals surface area contributed by atoms with Gasteiger partial charge in [0, 0.05) is 18.8 Å². The van der Waals surface area contributed by atoms with Crippen molar-refractivity contribution in [1.29, 1.82) is 0 Å². The zero-order valence-electron chi connectivity index (χ0n) is 12.8. The second-order valence-corrected chi connectivity index (χ2v) is 5.08. The van der Waals surface area contributed by atoms with Crippen LogP contribution in [0, 0.1) is 13.8 Å². The molecule has 0 saturated carbocycles. The molecule has 2 amide bonds. The number of carboxylic acids is 1. The Hall–Kier alpha value is -2.05. The van der Waals surface area contributed by atoms with Crippen LogP contribution in [0.2, 0.25) is 0 Å². The van der Waals surface area contributed by atoms with Gasteiger partial charge in [0.05, 0.1) is 5.69 Å². The second kappa shape index (κ2) is 8.28. The summed E-state index contributed by atoms with van der Waals surface area (Å²) in [5.41, 5.74) is 2.06. The van der Waals surface area contributed by atoms with Gasteiger partial charge in [0.15, 0.2) is 0 Å². The van der Waals surface area contributed by atoms with Crippen molar-refractivity contribution >= 4 is 12.0 Å². The van der Waals surface area contributed by atoms with Crippen LogP contribution in [0.15, 0.2) is 6.07 Å². The zero-order chi connectivity index (χ0) is 15.8. The minimum atomic E-state index is -1.00. The van der Waals surface area contributed by atoms with Crippen LogP contribution in [0.25, 0.3) is 0 Å². The van der Waals surface area contributed by atoms with Gasteiger partial charge < -0.3 is 15.7 Å². The van der Waals surface area contributed by atoms with Crippen LogP contribution >= 0.6 is 0 Å². The molecular formula is C14H24N4O3. The quantitative estimate of drug-likeness (QED) is 0.632. The lowest BCUT2D eigenvalue weighted by Gasteiger charge is -2.14. The maximum Gasteiger partial charge on any atom is 0.326 e. The molecule has 0 aliphatic rings. The Morgan fingerprint density at radius 1 is 1.43 bits per heavy atom. The molecule has 1 aromatic heterocycles. The van der Waals surface area contributed by atoms with Crippen molar-refractivity contribution in [3.8, 4) is 0 Å². The molecule has 0 unspecified atom stereocenters. The summed E-state index contributed by atoms with van der Waals surface area (Å²) in [4.78, 5) is 22.5. The predicted molar refractivity (Wildman–Crippen MR) is 79.2 cm³/mol. The first-order chi connectivity index (χ1) is 9.93. The third kappa shape index (κ3) is 5.85. The van der Waals surface area contributed by atoms with E-state index in [1.165, 1.54) is 0 Å². The number of aliphatic carboxylic acids is 1. The van der Waals surface area contributed by atoms with Gasteiger partial charge in [0.2, 0.25) is 0 Å². The molecule has 0 radical (unpaired) electrons. The monoisotopic (exact) mass is 296 g/mol. The first kappa shape index (κ1) is 17.0. The lowest BCUT2D eigenvalue weighted by Crippen LogP contribution is -2.46. The summed E-state index contributed by atoms with van der Waals surface area (Å²) in [6.45, 7) is 7.00. The largest absolute Gasteiger partial charge is 0.480 e. The minimum Gasteiger partial charge on any atom is -0.480 e. The summed E-state index contributed by atoms with van der Waals surface area (Å²) in [7, 11) is 0. The van der Waals surface area contributed by atoms with Crippen LogP contribution in [0.1, 0.15) is 37.6 Å². The van der Waals surface area contributed by atoms with Gasteiger partial charge in [-0.3, -0.25) is 4.68 Å². The van der Waals surface area contributed by atoms with E-state index in [2.05, 4.69) is 15.7 Å². The van der Waals surface area contributed by atoms with Gasteiger partial charge in [0.1, 0.15) is 6.04 Å². The number of aromatic nitrogens is 2. The molecule has 1 rings (SSSR count).